The molecule has 7 nitrogen and oxygen atoms in total. The molecule has 1 aliphatic heterocycles. The minimum absolute atomic E-state index is 0.0783. The summed E-state index contributed by atoms with van der Waals surface area (Å²) in [6, 6.07) is 3.91. The van der Waals surface area contributed by atoms with E-state index >= 15 is 0 Å². The third-order valence-electron chi connectivity index (χ3n) is 6.94. The molecule has 1 aliphatic carbocycles. The highest BCUT2D eigenvalue weighted by Gasteiger charge is 2.25. The van der Waals surface area contributed by atoms with Crippen LogP contribution in [0.4, 0.5) is 0 Å². The fraction of sp³-hybridized carbons (Fsp3) is 0.522. The smallest absolute Gasteiger partial charge is 0.259 e. The van der Waals surface area contributed by atoms with Crippen LogP contribution in [0, 0.1) is 12.8 Å². The predicted octanol–water partition coefficient (Wildman–Crippen LogP) is 2.76. The lowest BCUT2D eigenvalue weighted by Gasteiger charge is -2.34. The number of hydrogen-bond donors (Lipinski definition) is 1. The van der Waals surface area contributed by atoms with Gasteiger partial charge in [0.05, 0.1) is 22.6 Å². The number of piperazine rings is 1. The third kappa shape index (κ3) is 3.21. The number of carbonyl (C=O) groups is 1. The van der Waals surface area contributed by atoms with Crippen LogP contribution in [0.1, 0.15) is 42.1 Å². The number of amides is 1. The molecule has 1 aromatic carbocycles. The first-order valence-corrected chi connectivity index (χ1v) is 11.1. The summed E-state index contributed by atoms with van der Waals surface area (Å²) in [6.07, 6.45) is 5.37. The zero-order valence-electron chi connectivity index (χ0n) is 17.8. The van der Waals surface area contributed by atoms with Crippen molar-refractivity contribution in [1.82, 2.24) is 24.6 Å². The first kappa shape index (κ1) is 19.3. The number of aromatic nitrogens is 3. The molecule has 3 aromatic rings. The van der Waals surface area contributed by atoms with Gasteiger partial charge in [0.1, 0.15) is 0 Å². The minimum atomic E-state index is -0.119. The van der Waals surface area contributed by atoms with Crippen molar-refractivity contribution < 1.29 is 4.79 Å². The van der Waals surface area contributed by atoms with Crippen molar-refractivity contribution in [2.24, 2.45) is 5.92 Å². The van der Waals surface area contributed by atoms with E-state index in [9.17, 15) is 9.59 Å². The van der Waals surface area contributed by atoms with Crippen LogP contribution in [-0.2, 0) is 6.54 Å². The average molecular weight is 408 g/mol. The summed E-state index contributed by atoms with van der Waals surface area (Å²) in [7, 11) is 0. The topological polar surface area (TPSA) is 74.2 Å². The lowest BCUT2D eigenvalue weighted by atomic mass is 9.85. The molecule has 0 spiro atoms. The number of pyridine rings is 1. The maximum atomic E-state index is 13.3. The zero-order valence-corrected chi connectivity index (χ0v) is 17.8. The van der Waals surface area contributed by atoms with Crippen LogP contribution in [0.2, 0.25) is 0 Å². The molecule has 1 amide bonds. The van der Waals surface area contributed by atoms with E-state index in [-0.39, 0.29) is 11.5 Å². The van der Waals surface area contributed by atoms with Gasteiger partial charge < -0.3 is 14.8 Å². The summed E-state index contributed by atoms with van der Waals surface area (Å²) < 4.78 is 1.97. The van der Waals surface area contributed by atoms with Gasteiger partial charge in [-0.25, -0.2) is 0 Å². The summed E-state index contributed by atoms with van der Waals surface area (Å²) in [5.74, 6) is 0.707. The van der Waals surface area contributed by atoms with Crippen LogP contribution in [0.25, 0.3) is 21.8 Å². The molecule has 158 valence electrons. The van der Waals surface area contributed by atoms with E-state index in [1.54, 1.807) is 6.20 Å². The van der Waals surface area contributed by atoms with Crippen molar-refractivity contribution in [2.45, 2.75) is 39.7 Å². The van der Waals surface area contributed by atoms with E-state index in [0.29, 0.717) is 11.3 Å². The molecule has 0 bridgehead atoms. The van der Waals surface area contributed by atoms with Crippen molar-refractivity contribution in [1.29, 1.82) is 0 Å². The Balaban J connectivity index is 1.58. The SMILES string of the molecule is CCN1CCN(C(=O)c2cc3c(cc2C)[nH]c(=O)c2cnn(CC4CCC4)c23)CC1. The van der Waals surface area contributed by atoms with Crippen LogP contribution in [0.15, 0.2) is 23.1 Å². The maximum absolute atomic E-state index is 13.3. The second-order valence-corrected chi connectivity index (χ2v) is 8.78. The summed E-state index contributed by atoms with van der Waals surface area (Å²) in [5.41, 5.74) is 3.12. The highest BCUT2D eigenvalue weighted by Crippen LogP contribution is 2.31. The zero-order chi connectivity index (χ0) is 20.8. The molecule has 5 rings (SSSR count). The van der Waals surface area contributed by atoms with Crippen LogP contribution >= 0.6 is 0 Å². The highest BCUT2D eigenvalue weighted by molar-refractivity contribution is 6.07. The second-order valence-electron chi connectivity index (χ2n) is 8.78. The maximum Gasteiger partial charge on any atom is 0.259 e. The third-order valence-corrected chi connectivity index (χ3v) is 6.94. The Labute approximate surface area is 175 Å². The Kier molecular flexibility index (Phi) is 4.85. The number of hydrogen-bond acceptors (Lipinski definition) is 4. The van der Waals surface area contributed by atoms with Crippen molar-refractivity contribution in [3.8, 4) is 0 Å². The van der Waals surface area contributed by atoms with Gasteiger partial charge in [-0.3, -0.25) is 14.3 Å². The van der Waals surface area contributed by atoms with Crippen LogP contribution in [0.5, 0.6) is 0 Å². The number of aryl methyl sites for hydroxylation is 1. The average Bonchev–Trinajstić information content (AvgIpc) is 3.15. The Morgan fingerprint density at radius 3 is 2.60 bits per heavy atom. The van der Waals surface area contributed by atoms with E-state index < -0.39 is 0 Å². The van der Waals surface area contributed by atoms with E-state index in [2.05, 4.69) is 21.9 Å². The van der Waals surface area contributed by atoms with Crippen molar-refractivity contribution in [3.63, 3.8) is 0 Å². The number of nitrogens with zero attached hydrogens (tertiary/aromatic N) is 4. The van der Waals surface area contributed by atoms with Gasteiger partial charge in [-0.15, -0.1) is 0 Å². The number of H-pyrrole nitrogens is 1. The van der Waals surface area contributed by atoms with Gasteiger partial charge in [0.25, 0.3) is 11.5 Å². The molecule has 2 aromatic heterocycles. The second kappa shape index (κ2) is 7.54. The molecule has 7 heteroatoms. The molecule has 1 saturated carbocycles. The van der Waals surface area contributed by atoms with Crippen molar-refractivity contribution >= 4 is 27.7 Å². The first-order chi connectivity index (χ1) is 14.5. The Bertz CT molecular complexity index is 1170. The number of nitrogens with one attached hydrogen (secondary N) is 1. The van der Waals surface area contributed by atoms with Gasteiger partial charge in [-0.1, -0.05) is 13.3 Å². The van der Waals surface area contributed by atoms with Gasteiger partial charge in [0.2, 0.25) is 0 Å². The lowest BCUT2D eigenvalue weighted by Crippen LogP contribution is -2.48. The Morgan fingerprint density at radius 2 is 1.93 bits per heavy atom. The molecule has 2 aliphatic rings. The summed E-state index contributed by atoms with van der Waals surface area (Å²) in [6.45, 7) is 9.30. The van der Waals surface area contributed by atoms with Gasteiger partial charge in [0, 0.05) is 43.7 Å². The first-order valence-electron chi connectivity index (χ1n) is 11.1. The largest absolute Gasteiger partial charge is 0.336 e. The van der Waals surface area contributed by atoms with Crippen molar-refractivity contribution in [3.05, 3.63) is 39.8 Å². The molecule has 0 radical (unpaired) electrons. The molecular weight excluding hydrogens is 378 g/mol. The number of aromatic amines is 1. The molecule has 0 atom stereocenters. The number of carbonyl (C=O) groups excluding carboxylic acids is 1. The molecule has 0 unspecified atom stereocenters. The molecular formula is C23H29N5O2. The van der Waals surface area contributed by atoms with Crippen LogP contribution < -0.4 is 5.56 Å². The lowest BCUT2D eigenvalue weighted by molar-refractivity contribution is 0.0643. The number of rotatable bonds is 4. The quantitative estimate of drug-likeness (QED) is 0.722. The highest BCUT2D eigenvalue weighted by atomic mass is 16.2. The minimum Gasteiger partial charge on any atom is -0.336 e. The van der Waals surface area contributed by atoms with Gasteiger partial charge in [-0.05, 0) is 49.9 Å². The number of fused-ring (bicyclic) bond motifs is 3. The predicted molar refractivity (Wildman–Crippen MR) is 118 cm³/mol. The summed E-state index contributed by atoms with van der Waals surface area (Å²) in [4.78, 5) is 33.3. The van der Waals surface area contributed by atoms with Gasteiger partial charge >= 0.3 is 0 Å². The van der Waals surface area contributed by atoms with E-state index in [4.69, 9.17) is 0 Å². The number of likely N-dealkylation sites (N-methyl/N-ethyl adjacent to an activating group) is 1. The fourth-order valence-electron chi connectivity index (χ4n) is 4.76. The molecule has 3 heterocycles. The standard InChI is InChI=1S/C23H29N5O2/c1-3-26-7-9-27(10-8-26)23(30)17-12-18-20(11-15(17)2)25-22(29)19-13-24-28(21(18)19)14-16-5-4-6-16/h11-13,16H,3-10,14H2,1-2H3,(H,25,29). The summed E-state index contributed by atoms with van der Waals surface area (Å²) >= 11 is 0. The molecule has 30 heavy (non-hydrogen) atoms. The molecule has 1 N–H and O–H groups in total. The van der Waals surface area contributed by atoms with E-state index in [1.165, 1.54) is 19.3 Å². The van der Waals surface area contributed by atoms with Crippen LogP contribution in [-0.4, -0.2) is 63.2 Å². The van der Waals surface area contributed by atoms with Gasteiger partial charge in [-0.2, -0.15) is 5.10 Å². The van der Waals surface area contributed by atoms with E-state index in [0.717, 1.165) is 66.8 Å². The van der Waals surface area contributed by atoms with Gasteiger partial charge in [0.15, 0.2) is 0 Å². The molecule has 2 fully saturated rings. The Hall–Kier alpha value is -2.67. The van der Waals surface area contributed by atoms with E-state index in [1.807, 2.05) is 28.6 Å². The fourth-order valence-corrected chi connectivity index (χ4v) is 4.76. The Morgan fingerprint density at radius 1 is 1.17 bits per heavy atom. The van der Waals surface area contributed by atoms with Crippen LogP contribution in [0.3, 0.4) is 0 Å². The monoisotopic (exact) mass is 407 g/mol. The molecule has 1 saturated heterocycles. The summed E-state index contributed by atoms with van der Waals surface area (Å²) in [5, 5.41) is 6.03. The van der Waals surface area contributed by atoms with Crippen molar-refractivity contribution in [2.75, 3.05) is 32.7 Å². The number of benzene rings is 1. The normalized spacial score (nSPS) is 18.3.